The molecule has 1 atom stereocenters. The molecule has 0 fully saturated rings. The van der Waals surface area contributed by atoms with Crippen LogP contribution in [0.1, 0.15) is 5.56 Å². The first-order valence-electron chi connectivity index (χ1n) is 7.45. The van der Waals surface area contributed by atoms with Gasteiger partial charge in [0.25, 0.3) is 5.56 Å². The molecule has 0 aliphatic carbocycles. The van der Waals surface area contributed by atoms with Gasteiger partial charge in [0, 0.05) is 28.0 Å². The maximum absolute atomic E-state index is 12.5. The monoisotopic (exact) mass is 356 g/mol. The first-order chi connectivity index (χ1) is 11.6. The number of thioether (sulfide) groups is 1. The SMILES string of the molecule is O=c1cc2c(nn1-c1ccc(Cl)cc1)-c1ccccc1SC(O)C2. The summed E-state index contributed by atoms with van der Waals surface area (Å²) in [6, 6.07) is 16.3. The number of aliphatic hydroxyl groups is 1. The maximum Gasteiger partial charge on any atom is 0.271 e. The number of hydrogen-bond donors (Lipinski definition) is 1. The first-order valence-corrected chi connectivity index (χ1v) is 8.71. The van der Waals surface area contributed by atoms with Gasteiger partial charge in [0.15, 0.2) is 0 Å². The summed E-state index contributed by atoms with van der Waals surface area (Å²) in [6.07, 6.45) is 0.387. The number of rotatable bonds is 1. The molecule has 1 N–H and O–H groups in total. The van der Waals surface area contributed by atoms with Gasteiger partial charge in [-0.25, -0.2) is 0 Å². The van der Waals surface area contributed by atoms with Crippen LogP contribution < -0.4 is 5.56 Å². The fourth-order valence-corrected chi connectivity index (χ4v) is 3.91. The smallest absolute Gasteiger partial charge is 0.271 e. The molecular weight excluding hydrogens is 344 g/mol. The third-order valence-corrected chi connectivity index (χ3v) is 5.18. The number of fused-ring (bicyclic) bond motifs is 3. The van der Waals surface area contributed by atoms with Crippen molar-refractivity contribution in [3.05, 3.63) is 75.5 Å². The van der Waals surface area contributed by atoms with Gasteiger partial charge in [-0.15, -0.1) is 0 Å². The van der Waals surface area contributed by atoms with Gasteiger partial charge in [-0.05, 0) is 35.9 Å². The lowest BCUT2D eigenvalue weighted by Crippen LogP contribution is -2.23. The van der Waals surface area contributed by atoms with Gasteiger partial charge in [-0.1, -0.05) is 41.6 Å². The second-order valence-corrected chi connectivity index (χ2v) is 7.17. The lowest BCUT2D eigenvalue weighted by atomic mass is 10.0. The lowest BCUT2D eigenvalue weighted by molar-refractivity contribution is 0.264. The van der Waals surface area contributed by atoms with E-state index < -0.39 is 5.44 Å². The zero-order valence-electron chi connectivity index (χ0n) is 12.5. The van der Waals surface area contributed by atoms with Crippen molar-refractivity contribution in [1.29, 1.82) is 0 Å². The van der Waals surface area contributed by atoms with Crippen LogP contribution in [0.15, 0.2) is 64.3 Å². The van der Waals surface area contributed by atoms with E-state index in [0.29, 0.717) is 17.1 Å². The average molecular weight is 357 g/mol. The molecular formula is C18H13ClN2O2S. The van der Waals surface area contributed by atoms with Crippen molar-refractivity contribution >= 4 is 23.4 Å². The molecule has 120 valence electrons. The highest BCUT2D eigenvalue weighted by Gasteiger charge is 2.22. The van der Waals surface area contributed by atoms with E-state index in [4.69, 9.17) is 11.6 Å². The topological polar surface area (TPSA) is 55.1 Å². The molecule has 0 spiro atoms. The molecule has 0 amide bonds. The van der Waals surface area contributed by atoms with Crippen LogP contribution in [-0.4, -0.2) is 20.3 Å². The second-order valence-electron chi connectivity index (χ2n) is 5.52. The quantitative estimate of drug-likeness (QED) is 0.724. The van der Waals surface area contributed by atoms with E-state index in [1.54, 1.807) is 30.3 Å². The van der Waals surface area contributed by atoms with Crippen molar-refractivity contribution in [3.63, 3.8) is 0 Å². The normalized spacial score (nSPS) is 16.2. The molecule has 24 heavy (non-hydrogen) atoms. The number of benzene rings is 2. The molecule has 1 aliphatic rings. The highest BCUT2D eigenvalue weighted by molar-refractivity contribution is 7.99. The predicted molar refractivity (Wildman–Crippen MR) is 95.8 cm³/mol. The first kappa shape index (κ1) is 15.4. The van der Waals surface area contributed by atoms with Gasteiger partial charge < -0.3 is 5.11 Å². The fraction of sp³-hybridized carbons (Fsp3) is 0.111. The summed E-state index contributed by atoms with van der Waals surface area (Å²) >= 11 is 7.31. The summed E-state index contributed by atoms with van der Waals surface area (Å²) in [5.74, 6) is 0. The third kappa shape index (κ3) is 2.75. The fourth-order valence-electron chi connectivity index (χ4n) is 2.78. The predicted octanol–water partition coefficient (Wildman–Crippen LogP) is 3.52. The van der Waals surface area contributed by atoms with E-state index in [-0.39, 0.29) is 5.56 Å². The molecule has 0 saturated carbocycles. The molecule has 0 saturated heterocycles. The van der Waals surface area contributed by atoms with Gasteiger partial charge in [-0.2, -0.15) is 9.78 Å². The Labute approximate surface area is 147 Å². The van der Waals surface area contributed by atoms with Crippen molar-refractivity contribution < 1.29 is 5.11 Å². The summed E-state index contributed by atoms with van der Waals surface area (Å²) in [4.78, 5) is 13.4. The van der Waals surface area contributed by atoms with E-state index in [2.05, 4.69) is 5.10 Å². The standard InChI is InChI=1S/C18H13ClN2O2S/c19-12-5-7-13(8-6-12)21-16(22)9-11-10-17(23)24-15-4-2-1-3-14(15)18(11)20-21/h1-9,17,23H,10H2. The number of nitrogens with zero attached hydrogens (tertiary/aromatic N) is 2. The summed E-state index contributed by atoms with van der Waals surface area (Å²) in [5.41, 5.74) is 2.24. The largest absolute Gasteiger partial charge is 0.382 e. The van der Waals surface area contributed by atoms with Gasteiger partial charge in [0.05, 0.1) is 11.4 Å². The minimum absolute atomic E-state index is 0.229. The van der Waals surface area contributed by atoms with E-state index in [1.165, 1.54) is 16.4 Å². The van der Waals surface area contributed by atoms with Gasteiger partial charge in [0.2, 0.25) is 0 Å². The van der Waals surface area contributed by atoms with Crippen LogP contribution in [0.2, 0.25) is 5.02 Å². The zero-order chi connectivity index (χ0) is 16.7. The average Bonchev–Trinajstić information content (AvgIpc) is 2.70. The Morgan fingerprint density at radius 3 is 2.71 bits per heavy atom. The maximum atomic E-state index is 12.5. The van der Waals surface area contributed by atoms with E-state index >= 15 is 0 Å². The van der Waals surface area contributed by atoms with Crippen LogP contribution in [0.3, 0.4) is 0 Å². The minimum Gasteiger partial charge on any atom is -0.382 e. The molecule has 3 aromatic rings. The summed E-state index contributed by atoms with van der Waals surface area (Å²) in [6.45, 7) is 0. The summed E-state index contributed by atoms with van der Waals surface area (Å²) in [5, 5.41) is 15.4. The lowest BCUT2D eigenvalue weighted by Gasteiger charge is -2.11. The number of aromatic nitrogens is 2. The Balaban J connectivity index is 1.95. The Morgan fingerprint density at radius 2 is 1.92 bits per heavy atom. The number of aliphatic hydroxyl groups excluding tert-OH is 1. The van der Waals surface area contributed by atoms with Crippen molar-refractivity contribution in [2.45, 2.75) is 16.8 Å². The van der Waals surface area contributed by atoms with E-state index in [1.807, 2.05) is 24.3 Å². The molecule has 4 nitrogen and oxygen atoms in total. The van der Waals surface area contributed by atoms with Crippen LogP contribution in [0.25, 0.3) is 16.9 Å². The Bertz CT molecular complexity index is 969. The summed E-state index contributed by atoms with van der Waals surface area (Å²) < 4.78 is 1.37. The zero-order valence-corrected chi connectivity index (χ0v) is 14.1. The van der Waals surface area contributed by atoms with E-state index in [0.717, 1.165) is 21.7 Å². The van der Waals surface area contributed by atoms with Crippen molar-refractivity contribution in [1.82, 2.24) is 9.78 Å². The van der Waals surface area contributed by atoms with Crippen LogP contribution in [0.5, 0.6) is 0 Å². The van der Waals surface area contributed by atoms with Gasteiger partial charge >= 0.3 is 0 Å². The molecule has 0 bridgehead atoms. The molecule has 4 rings (SSSR count). The summed E-state index contributed by atoms with van der Waals surface area (Å²) in [7, 11) is 0. The van der Waals surface area contributed by atoms with Gasteiger partial charge in [0.1, 0.15) is 5.44 Å². The molecule has 1 aromatic heterocycles. The highest BCUT2D eigenvalue weighted by Crippen LogP contribution is 2.38. The molecule has 2 aromatic carbocycles. The molecule has 1 aliphatic heterocycles. The number of hydrogen-bond acceptors (Lipinski definition) is 4. The Hall–Kier alpha value is -2.08. The van der Waals surface area contributed by atoms with E-state index in [9.17, 15) is 9.90 Å². The Morgan fingerprint density at radius 1 is 1.17 bits per heavy atom. The van der Waals surface area contributed by atoms with Crippen molar-refractivity contribution in [2.75, 3.05) is 0 Å². The van der Waals surface area contributed by atoms with Crippen LogP contribution in [-0.2, 0) is 6.42 Å². The van der Waals surface area contributed by atoms with Crippen molar-refractivity contribution in [2.24, 2.45) is 0 Å². The molecule has 2 heterocycles. The molecule has 0 radical (unpaired) electrons. The van der Waals surface area contributed by atoms with Crippen molar-refractivity contribution in [3.8, 4) is 16.9 Å². The second kappa shape index (κ2) is 6.09. The Kier molecular flexibility index (Phi) is 3.92. The van der Waals surface area contributed by atoms with Crippen LogP contribution in [0, 0.1) is 0 Å². The van der Waals surface area contributed by atoms with Gasteiger partial charge in [-0.3, -0.25) is 4.79 Å². The molecule has 1 unspecified atom stereocenters. The number of halogens is 1. The van der Waals surface area contributed by atoms with Crippen LogP contribution >= 0.6 is 23.4 Å². The highest BCUT2D eigenvalue weighted by atomic mass is 35.5. The third-order valence-electron chi connectivity index (χ3n) is 3.88. The molecule has 6 heteroatoms. The van der Waals surface area contributed by atoms with Crippen LogP contribution in [0.4, 0.5) is 0 Å². The minimum atomic E-state index is -0.597.